The molecule has 0 radical (unpaired) electrons. The van der Waals surface area contributed by atoms with Gasteiger partial charge in [0.15, 0.2) is 0 Å². The van der Waals surface area contributed by atoms with Crippen molar-refractivity contribution < 1.29 is 4.79 Å². The maximum atomic E-state index is 13.8. The second-order valence-corrected chi connectivity index (χ2v) is 8.58. The number of carbonyl (C=O) groups is 1. The van der Waals surface area contributed by atoms with Crippen LogP contribution < -0.4 is 10.2 Å². The molecule has 0 saturated carbocycles. The zero-order chi connectivity index (χ0) is 21.9. The lowest BCUT2D eigenvalue weighted by Gasteiger charge is -2.32. The van der Waals surface area contributed by atoms with Crippen LogP contribution in [0.15, 0.2) is 109 Å². The van der Waals surface area contributed by atoms with Crippen LogP contribution in [0.3, 0.4) is 0 Å². The molecule has 0 aromatic heterocycles. The third-order valence-corrected chi connectivity index (χ3v) is 6.83. The summed E-state index contributed by atoms with van der Waals surface area (Å²) in [5, 5.41) is 5.86. The molecule has 0 saturated heterocycles. The summed E-state index contributed by atoms with van der Waals surface area (Å²) in [4.78, 5) is 15.7. The van der Waals surface area contributed by atoms with E-state index < -0.39 is 0 Å². The fourth-order valence-electron chi connectivity index (χ4n) is 5.37. The Bertz CT molecular complexity index is 1560. The molecular weight excluding hydrogens is 404 g/mol. The molecule has 7 rings (SSSR count). The van der Waals surface area contributed by atoms with Gasteiger partial charge in [-0.05, 0) is 34.2 Å². The van der Waals surface area contributed by atoms with E-state index in [0.717, 1.165) is 55.5 Å². The van der Waals surface area contributed by atoms with Gasteiger partial charge in [-0.25, -0.2) is 0 Å². The number of hydrogen-bond donors (Lipinski definition) is 1. The summed E-state index contributed by atoms with van der Waals surface area (Å²) in [6.45, 7) is 0. The van der Waals surface area contributed by atoms with E-state index in [-0.39, 0.29) is 12.1 Å². The van der Waals surface area contributed by atoms with Crippen LogP contribution in [-0.2, 0) is 0 Å². The molecule has 1 unspecified atom stereocenters. The molecule has 156 valence electrons. The molecule has 0 aliphatic carbocycles. The normalized spacial score (nSPS) is 15.8. The lowest BCUT2D eigenvalue weighted by Crippen LogP contribution is -2.37. The highest BCUT2D eigenvalue weighted by molar-refractivity contribution is 6.22. The number of carbonyl (C=O) groups excluding carboxylic acids is 1. The van der Waals surface area contributed by atoms with Crippen molar-refractivity contribution in [2.75, 3.05) is 10.2 Å². The highest BCUT2D eigenvalue weighted by Gasteiger charge is 2.41. The van der Waals surface area contributed by atoms with Crippen LogP contribution in [0.5, 0.6) is 0 Å². The summed E-state index contributed by atoms with van der Waals surface area (Å²) in [5.41, 5.74) is 8.39. The first-order valence-electron chi connectivity index (χ1n) is 11.2. The zero-order valence-electron chi connectivity index (χ0n) is 17.8. The summed E-state index contributed by atoms with van der Waals surface area (Å²) < 4.78 is 0. The Morgan fingerprint density at radius 3 is 2.03 bits per heavy atom. The Labute approximate surface area is 191 Å². The predicted molar refractivity (Wildman–Crippen MR) is 134 cm³/mol. The maximum absolute atomic E-state index is 13.8. The van der Waals surface area contributed by atoms with Crippen molar-refractivity contribution in [1.82, 2.24) is 0 Å². The van der Waals surface area contributed by atoms with Crippen LogP contribution in [0.25, 0.3) is 33.0 Å². The lowest BCUT2D eigenvalue weighted by molar-refractivity contribution is 0.0980. The average molecular weight is 425 g/mol. The molecular formula is C30H20N2O. The summed E-state index contributed by atoms with van der Waals surface area (Å²) in [6.07, 6.45) is -0.223. The van der Waals surface area contributed by atoms with Crippen molar-refractivity contribution in [1.29, 1.82) is 0 Å². The van der Waals surface area contributed by atoms with Gasteiger partial charge in [0, 0.05) is 22.1 Å². The van der Waals surface area contributed by atoms with Gasteiger partial charge in [0.1, 0.15) is 6.17 Å². The van der Waals surface area contributed by atoms with Crippen LogP contribution in [0.1, 0.15) is 22.1 Å². The van der Waals surface area contributed by atoms with Crippen LogP contribution in [0.4, 0.5) is 11.4 Å². The summed E-state index contributed by atoms with van der Waals surface area (Å²) in [6, 6.07) is 37.4. The number of anilines is 2. The first-order valence-corrected chi connectivity index (χ1v) is 11.2. The topological polar surface area (TPSA) is 32.3 Å². The smallest absolute Gasteiger partial charge is 0.260 e. The maximum Gasteiger partial charge on any atom is 0.260 e. The van der Waals surface area contributed by atoms with E-state index in [9.17, 15) is 4.79 Å². The quantitative estimate of drug-likeness (QED) is 0.323. The lowest BCUT2D eigenvalue weighted by atomic mass is 9.88. The van der Waals surface area contributed by atoms with E-state index in [1.165, 1.54) is 0 Å². The van der Waals surface area contributed by atoms with Gasteiger partial charge < -0.3 is 5.32 Å². The van der Waals surface area contributed by atoms with Crippen molar-refractivity contribution in [3.8, 4) is 22.3 Å². The average Bonchev–Trinajstić information content (AvgIpc) is 3.28. The zero-order valence-corrected chi connectivity index (χ0v) is 17.8. The van der Waals surface area contributed by atoms with Crippen molar-refractivity contribution in [2.45, 2.75) is 6.17 Å². The molecule has 0 fully saturated rings. The minimum absolute atomic E-state index is 0.0415. The van der Waals surface area contributed by atoms with Crippen LogP contribution in [-0.4, -0.2) is 5.91 Å². The van der Waals surface area contributed by atoms with Gasteiger partial charge in [-0.3, -0.25) is 9.69 Å². The molecule has 1 amide bonds. The molecule has 3 heteroatoms. The van der Waals surface area contributed by atoms with Gasteiger partial charge in [-0.15, -0.1) is 0 Å². The fourth-order valence-corrected chi connectivity index (χ4v) is 5.37. The highest BCUT2D eigenvalue weighted by atomic mass is 16.2. The van der Waals surface area contributed by atoms with Gasteiger partial charge in [0.05, 0.1) is 11.4 Å². The molecule has 2 heterocycles. The van der Waals surface area contributed by atoms with E-state index in [1.54, 1.807) is 0 Å². The molecule has 5 aromatic rings. The summed E-state index contributed by atoms with van der Waals surface area (Å²) in [7, 11) is 0. The SMILES string of the molecule is O=C1c2cccc3c(-c4ccccc4)ccc(c23)C2Nc3c(-c4ccccc4)cccc3N12. The second kappa shape index (κ2) is 6.81. The number of benzene rings is 5. The van der Waals surface area contributed by atoms with Crippen LogP contribution in [0.2, 0.25) is 0 Å². The molecule has 2 aliphatic rings. The Kier molecular flexibility index (Phi) is 3.76. The third-order valence-electron chi connectivity index (χ3n) is 6.83. The van der Waals surface area contributed by atoms with Crippen LogP contribution in [0, 0.1) is 0 Å². The standard InChI is InChI=1S/C30H20N2O/c33-30-25-15-7-14-23-21(19-9-3-1-4-10-19)17-18-24(27(23)25)29-31-28-22(20-11-5-2-6-12-20)13-8-16-26(28)32(29)30/h1-18,29,31H. The summed E-state index contributed by atoms with van der Waals surface area (Å²) >= 11 is 0. The first kappa shape index (κ1) is 18.2. The molecule has 3 nitrogen and oxygen atoms in total. The number of amides is 1. The van der Waals surface area contributed by atoms with E-state index in [0.29, 0.717) is 0 Å². The molecule has 1 atom stereocenters. The molecule has 33 heavy (non-hydrogen) atoms. The number of rotatable bonds is 2. The Morgan fingerprint density at radius 1 is 0.606 bits per heavy atom. The molecule has 5 aromatic carbocycles. The van der Waals surface area contributed by atoms with Crippen molar-refractivity contribution in [3.05, 3.63) is 120 Å². The Morgan fingerprint density at radius 2 is 1.27 bits per heavy atom. The predicted octanol–water partition coefficient (Wildman–Crippen LogP) is 7.26. The second-order valence-electron chi connectivity index (χ2n) is 8.58. The van der Waals surface area contributed by atoms with E-state index in [4.69, 9.17) is 0 Å². The number of nitrogens with zero attached hydrogens (tertiary/aromatic N) is 1. The summed E-state index contributed by atoms with van der Waals surface area (Å²) in [5.74, 6) is 0.0415. The van der Waals surface area contributed by atoms with Gasteiger partial charge >= 0.3 is 0 Å². The van der Waals surface area contributed by atoms with Crippen molar-refractivity contribution >= 4 is 28.1 Å². The number of para-hydroxylation sites is 1. The van der Waals surface area contributed by atoms with Gasteiger partial charge in [-0.2, -0.15) is 0 Å². The monoisotopic (exact) mass is 424 g/mol. The van der Waals surface area contributed by atoms with Gasteiger partial charge in [-0.1, -0.05) is 97.1 Å². The van der Waals surface area contributed by atoms with E-state index in [2.05, 4.69) is 66.0 Å². The molecule has 0 bridgehead atoms. The van der Waals surface area contributed by atoms with Crippen molar-refractivity contribution in [3.63, 3.8) is 0 Å². The minimum Gasteiger partial charge on any atom is -0.359 e. The van der Waals surface area contributed by atoms with Gasteiger partial charge in [0.2, 0.25) is 0 Å². The van der Waals surface area contributed by atoms with Crippen molar-refractivity contribution in [2.24, 2.45) is 0 Å². The highest BCUT2D eigenvalue weighted by Crippen LogP contribution is 2.51. The third kappa shape index (κ3) is 2.53. The van der Waals surface area contributed by atoms with E-state index >= 15 is 0 Å². The molecule has 0 spiro atoms. The van der Waals surface area contributed by atoms with Gasteiger partial charge in [0.25, 0.3) is 5.91 Å². The number of nitrogens with one attached hydrogen (secondary N) is 1. The Balaban J connectivity index is 1.45. The number of hydrogen-bond acceptors (Lipinski definition) is 2. The molecule has 1 N–H and O–H groups in total. The first-order chi connectivity index (χ1) is 16.3. The number of fused-ring (bicyclic) bond motifs is 4. The van der Waals surface area contributed by atoms with E-state index in [1.807, 2.05) is 53.4 Å². The van der Waals surface area contributed by atoms with Crippen LogP contribution >= 0.6 is 0 Å². The minimum atomic E-state index is -0.223. The Hall–Kier alpha value is -4.37. The largest absolute Gasteiger partial charge is 0.359 e. The fraction of sp³-hybridized carbons (Fsp3) is 0.0333. The molecule has 2 aliphatic heterocycles.